The predicted molar refractivity (Wildman–Crippen MR) is 121 cm³/mol. The van der Waals surface area contributed by atoms with Crippen LogP contribution in [-0.2, 0) is 19.6 Å². The molecule has 0 aliphatic heterocycles. The van der Waals surface area contributed by atoms with E-state index in [2.05, 4.69) is 10.6 Å². The van der Waals surface area contributed by atoms with Crippen molar-refractivity contribution in [2.24, 2.45) is 0 Å². The fraction of sp³-hybridized carbons (Fsp3) is 0.333. The lowest BCUT2D eigenvalue weighted by molar-refractivity contribution is -0.124. The molecule has 174 valence electrons. The van der Waals surface area contributed by atoms with E-state index in [1.807, 2.05) is 0 Å². The van der Waals surface area contributed by atoms with E-state index >= 15 is 0 Å². The molecule has 2 rings (SSSR count). The molecular weight excluding hydrogens is 458 g/mol. The van der Waals surface area contributed by atoms with Gasteiger partial charge in [-0.25, -0.2) is 17.5 Å². The van der Waals surface area contributed by atoms with Gasteiger partial charge in [0.2, 0.25) is 10.0 Å². The van der Waals surface area contributed by atoms with Crippen LogP contribution >= 0.6 is 11.6 Å². The minimum Gasteiger partial charge on any atom is -0.452 e. The van der Waals surface area contributed by atoms with Gasteiger partial charge < -0.3 is 20.5 Å². The molecule has 0 spiro atoms. The smallest absolute Gasteiger partial charge is 0.340 e. The van der Waals surface area contributed by atoms with Crippen molar-refractivity contribution in [3.63, 3.8) is 0 Å². The first kappa shape index (κ1) is 25.6. The zero-order chi connectivity index (χ0) is 23.9. The number of esters is 1. The Hall–Kier alpha value is -2.66. The van der Waals surface area contributed by atoms with Gasteiger partial charge in [0, 0.05) is 31.4 Å². The van der Waals surface area contributed by atoms with Gasteiger partial charge in [-0.05, 0) is 42.8 Å². The second-order valence-electron chi connectivity index (χ2n) is 7.06. The first-order valence-electron chi connectivity index (χ1n) is 9.69. The maximum absolute atomic E-state index is 12.6. The topological polar surface area (TPSA) is 125 Å². The van der Waals surface area contributed by atoms with Gasteiger partial charge in [-0.2, -0.15) is 0 Å². The molecule has 1 unspecified atom stereocenters. The Morgan fingerprint density at radius 2 is 1.81 bits per heavy atom. The lowest BCUT2D eigenvalue weighted by atomic mass is 10.1. The summed E-state index contributed by atoms with van der Waals surface area (Å²) in [6.07, 6.45) is 0. The maximum Gasteiger partial charge on any atom is 0.340 e. The van der Waals surface area contributed by atoms with Gasteiger partial charge in [0.05, 0.1) is 23.1 Å². The van der Waals surface area contributed by atoms with Crippen LogP contribution in [0.1, 0.15) is 28.9 Å². The minimum atomic E-state index is -3.79. The summed E-state index contributed by atoms with van der Waals surface area (Å²) >= 11 is 5.86. The number of rotatable bonds is 10. The van der Waals surface area contributed by atoms with Crippen LogP contribution in [0.3, 0.4) is 0 Å². The third-order valence-corrected chi connectivity index (χ3v) is 6.56. The zero-order valence-electron chi connectivity index (χ0n) is 18.0. The van der Waals surface area contributed by atoms with Gasteiger partial charge in [-0.3, -0.25) is 4.79 Å². The molecule has 11 heteroatoms. The maximum atomic E-state index is 12.6. The number of sulfonamides is 1. The highest BCUT2D eigenvalue weighted by atomic mass is 35.5. The number of amides is 1. The van der Waals surface area contributed by atoms with Gasteiger partial charge in [-0.1, -0.05) is 23.7 Å². The molecule has 0 saturated carbocycles. The normalized spacial score (nSPS) is 12.3. The number of nitrogens with zero attached hydrogens (tertiary/aromatic N) is 1. The molecule has 0 aromatic heterocycles. The van der Waals surface area contributed by atoms with Crippen molar-refractivity contribution in [3.05, 3.63) is 58.6 Å². The quantitative estimate of drug-likeness (QED) is 0.441. The third-order valence-electron chi connectivity index (χ3n) is 4.50. The van der Waals surface area contributed by atoms with Gasteiger partial charge in [0.15, 0.2) is 6.61 Å². The number of carbonyl (C=O) groups excluding carboxylic acids is 2. The number of benzene rings is 2. The second-order valence-corrected chi connectivity index (χ2v) is 9.65. The van der Waals surface area contributed by atoms with E-state index < -0.39 is 28.5 Å². The average Bonchev–Trinajstić information content (AvgIpc) is 2.76. The van der Waals surface area contributed by atoms with Crippen LogP contribution in [0.5, 0.6) is 0 Å². The van der Waals surface area contributed by atoms with E-state index in [0.717, 1.165) is 9.87 Å². The van der Waals surface area contributed by atoms with Crippen LogP contribution in [-0.4, -0.2) is 63.6 Å². The number of ether oxygens (including phenoxy) is 1. The van der Waals surface area contributed by atoms with Crippen LogP contribution in [0.2, 0.25) is 5.02 Å². The Kier molecular flexibility index (Phi) is 9.02. The second kappa shape index (κ2) is 11.3. The summed E-state index contributed by atoms with van der Waals surface area (Å²) in [6.45, 7) is 1.16. The number of aliphatic hydroxyl groups excluding tert-OH is 1. The van der Waals surface area contributed by atoms with Crippen molar-refractivity contribution in [2.45, 2.75) is 17.9 Å². The lowest BCUT2D eigenvalue weighted by Crippen LogP contribution is -2.31. The summed E-state index contributed by atoms with van der Waals surface area (Å²) in [7, 11) is -1.05. The van der Waals surface area contributed by atoms with Gasteiger partial charge in [0.25, 0.3) is 5.91 Å². The molecule has 3 N–H and O–H groups in total. The summed E-state index contributed by atoms with van der Waals surface area (Å²) in [5.41, 5.74) is 1.03. The average molecular weight is 484 g/mol. The van der Waals surface area contributed by atoms with Gasteiger partial charge in [0.1, 0.15) is 0 Å². The van der Waals surface area contributed by atoms with E-state index in [4.69, 9.17) is 21.4 Å². The third kappa shape index (κ3) is 6.67. The van der Waals surface area contributed by atoms with Crippen LogP contribution in [0.15, 0.2) is 47.4 Å². The zero-order valence-corrected chi connectivity index (χ0v) is 19.5. The highest BCUT2D eigenvalue weighted by molar-refractivity contribution is 7.89. The van der Waals surface area contributed by atoms with E-state index in [9.17, 15) is 18.0 Å². The number of hydrogen-bond donors (Lipinski definition) is 3. The standard InChI is InChI=1S/C21H26ClN3O6S/c1-14(15-4-6-16(22)7-5-15)24-20(27)13-31-21(28)18-12-17(32(29,30)25(2)3)8-9-19(18)23-10-11-26/h4-9,12,14,23,26H,10-11,13H2,1-3H3,(H,24,27). The SMILES string of the molecule is CC(NC(=O)COC(=O)c1cc(S(=O)(=O)N(C)C)ccc1NCCO)c1ccc(Cl)cc1. The Bertz CT molecular complexity index is 1060. The highest BCUT2D eigenvalue weighted by Gasteiger charge is 2.22. The number of halogens is 1. The molecule has 1 amide bonds. The molecule has 0 aliphatic rings. The Balaban J connectivity index is 2.12. The first-order chi connectivity index (χ1) is 15.1. The van der Waals surface area contributed by atoms with Crippen molar-refractivity contribution in [3.8, 4) is 0 Å². The first-order valence-corrected chi connectivity index (χ1v) is 11.5. The number of nitrogens with one attached hydrogen (secondary N) is 2. The van der Waals surface area contributed by atoms with Crippen molar-refractivity contribution in [2.75, 3.05) is 39.2 Å². The number of aliphatic hydroxyl groups is 1. The molecule has 32 heavy (non-hydrogen) atoms. The molecule has 2 aromatic rings. The minimum absolute atomic E-state index is 0.0695. The predicted octanol–water partition coefficient (Wildman–Crippen LogP) is 2.03. The molecule has 0 radical (unpaired) electrons. The van der Waals surface area contributed by atoms with Crippen LogP contribution in [0.4, 0.5) is 5.69 Å². The van der Waals surface area contributed by atoms with E-state index in [1.54, 1.807) is 31.2 Å². The van der Waals surface area contributed by atoms with Crippen LogP contribution in [0.25, 0.3) is 0 Å². The molecule has 0 heterocycles. The van der Waals surface area contributed by atoms with E-state index in [1.165, 1.54) is 32.3 Å². The summed E-state index contributed by atoms with van der Waals surface area (Å²) in [5.74, 6) is -1.40. The summed E-state index contributed by atoms with van der Waals surface area (Å²) in [4.78, 5) is 24.8. The number of anilines is 1. The van der Waals surface area contributed by atoms with Crippen molar-refractivity contribution >= 4 is 39.2 Å². The molecule has 0 aliphatic carbocycles. The van der Waals surface area contributed by atoms with Crippen molar-refractivity contribution in [1.82, 2.24) is 9.62 Å². The van der Waals surface area contributed by atoms with E-state index in [0.29, 0.717) is 5.02 Å². The summed E-state index contributed by atoms with van der Waals surface area (Å²) < 4.78 is 31.0. The largest absolute Gasteiger partial charge is 0.452 e. The molecule has 9 nitrogen and oxygen atoms in total. The molecule has 0 bridgehead atoms. The Morgan fingerprint density at radius 3 is 2.41 bits per heavy atom. The van der Waals surface area contributed by atoms with E-state index in [-0.39, 0.29) is 35.3 Å². The van der Waals surface area contributed by atoms with Gasteiger partial charge >= 0.3 is 5.97 Å². The molecule has 0 saturated heterocycles. The Labute approximate surface area is 192 Å². The molecule has 0 fully saturated rings. The van der Waals surface area contributed by atoms with Crippen molar-refractivity contribution in [1.29, 1.82) is 0 Å². The highest BCUT2D eigenvalue weighted by Crippen LogP contribution is 2.23. The monoisotopic (exact) mass is 483 g/mol. The fourth-order valence-corrected chi connectivity index (χ4v) is 3.79. The Morgan fingerprint density at radius 1 is 1.16 bits per heavy atom. The summed E-state index contributed by atoms with van der Waals surface area (Å²) in [6, 6.07) is 10.5. The van der Waals surface area contributed by atoms with Crippen LogP contribution < -0.4 is 10.6 Å². The molecule has 2 aromatic carbocycles. The lowest BCUT2D eigenvalue weighted by Gasteiger charge is -2.16. The van der Waals surface area contributed by atoms with Crippen LogP contribution in [0, 0.1) is 0 Å². The van der Waals surface area contributed by atoms with Gasteiger partial charge in [-0.15, -0.1) is 0 Å². The van der Waals surface area contributed by atoms with Crippen molar-refractivity contribution < 1.29 is 27.9 Å². The fourth-order valence-electron chi connectivity index (χ4n) is 2.74. The number of hydrogen-bond acceptors (Lipinski definition) is 7. The number of carbonyl (C=O) groups is 2. The molecular formula is C21H26ClN3O6S. The molecule has 1 atom stereocenters. The summed E-state index contributed by atoms with van der Waals surface area (Å²) in [5, 5.41) is 15.2.